The fourth-order valence-electron chi connectivity index (χ4n) is 2.89. The summed E-state index contributed by atoms with van der Waals surface area (Å²) in [5.41, 5.74) is 4.90. The number of nitrogens with zero attached hydrogens (tertiary/aromatic N) is 2. The van der Waals surface area contributed by atoms with E-state index in [1.54, 1.807) is 6.33 Å². The van der Waals surface area contributed by atoms with E-state index >= 15 is 0 Å². The number of aryl methyl sites for hydroxylation is 1. The molecule has 0 spiro atoms. The van der Waals surface area contributed by atoms with Crippen LogP contribution < -0.4 is 0 Å². The first-order chi connectivity index (χ1) is 9.84. The van der Waals surface area contributed by atoms with E-state index in [0.717, 1.165) is 30.5 Å². The maximum atomic E-state index is 6.56. The van der Waals surface area contributed by atoms with Gasteiger partial charge in [0.05, 0.1) is 5.38 Å². The quantitative estimate of drug-likeness (QED) is 0.622. The molecule has 2 aromatic rings. The first-order valence-electron chi connectivity index (χ1n) is 7.35. The molecular weight excluding hydrogens is 268 g/mol. The van der Waals surface area contributed by atoms with E-state index < -0.39 is 0 Å². The summed E-state index contributed by atoms with van der Waals surface area (Å²) in [6.07, 6.45) is 8.45. The van der Waals surface area contributed by atoms with Crippen molar-refractivity contribution in [1.82, 2.24) is 9.97 Å². The van der Waals surface area contributed by atoms with E-state index in [4.69, 9.17) is 11.6 Å². The molecular formula is C17H19ClN2. The molecule has 1 heterocycles. The fourth-order valence-corrected chi connectivity index (χ4v) is 3.18. The van der Waals surface area contributed by atoms with Crippen molar-refractivity contribution in [2.45, 2.75) is 43.9 Å². The van der Waals surface area contributed by atoms with E-state index in [0.29, 0.717) is 0 Å². The van der Waals surface area contributed by atoms with Crippen molar-refractivity contribution in [2.75, 3.05) is 0 Å². The lowest BCUT2D eigenvalue weighted by Gasteiger charge is -2.14. The second-order valence-corrected chi connectivity index (χ2v) is 5.92. The largest absolute Gasteiger partial charge is 0.241 e. The highest BCUT2D eigenvalue weighted by molar-refractivity contribution is 6.20. The maximum Gasteiger partial charge on any atom is 0.115 e. The molecule has 1 aliphatic rings. The van der Waals surface area contributed by atoms with Crippen molar-refractivity contribution in [2.24, 2.45) is 0 Å². The van der Waals surface area contributed by atoms with Gasteiger partial charge in [0.1, 0.15) is 6.33 Å². The molecule has 3 rings (SSSR count). The third-order valence-electron chi connectivity index (χ3n) is 4.00. The highest BCUT2D eigenvalue weighted by Crippen LogP contribution is 2.28. The van der Waals surface area contributed by atoms with Crippen LogP contribution in [0.1, 0.15) is 47.2 Å². The number of benzene rings is 1. The molecule has 20 heavy (non-hydrogen) atoms. The SMILES string of the molecule is ClC(Cc1ncnc2c1CCCCC2)c1ccccc1. The Kier molecular flexibility index (Phi) is 4.31. The smallest absolute Gasteiger partial charge is 0.115 e. The third kappa shape index (κ3) is 3.01. The molecule has 1 unspecified atom stereocenters. The van der Waals surface area contributed by atoms with Gasteiger partial charge in [0, 0.05) is 17.8 Å². The average molecular weight is 287 g/mol. The Hall–Kier alpha value is -1.41. The van der Waals surface area contributed by atoms with E-state index in [1.807, 2.05) is 18.2 Å². The molecule has 0 saturated carbocycles. The summed E-state index contributed by atoms with van der Waals surface area (Å²) in [6, 6.07) is 10.2. The van der Waals surface area contributed by atoms with Crippen molar-refractivity contribution in [1.29, 1.82) is 0 Å². The predicted molar refractivity (Wildman–Crippen MR) is 82.0 cm³/mol. The minimum absolute atomic E-state index is 0.0153. The van der Waals surface area contributed by atoms with Crippen LogP contribution in [0.25, 0.3) is 0 Å². The predicted octanol–water partition coefficient (Wildman–Crippen LogP) is 4.27. The van der Waals surface area contributed by atoms with Crippen LogP contribution in [0.3, 0.4) is 0 Å². The Morgan fingerprint density at radius 2 is 1.80 bits per heavy atom. The van der Waals surface area contributed by atoms with E-state index in [2.05, 4.69) is 22.1 Å². The first-order valence-corrected chi connectivity index (χ1v) is 7.79. The van der Waals surface area contributed by atoms with E-state index in [9.17, 15) is 0 Å². The Morgan fingerprint density at radius 3 is 2.65 bits per heavy atom. The van der Waals surface area contributed by atoms with Gasteiger partial charge in [0.25, 0.3) is 0 Å². The third-order valence-corrected chi connectivity index (χ3v) is 4.40. The lowest BCUT2D eigenvalue weighted by molar-refractivity contribution is 0.707. The van der Waals surface area contributed by atoms with Gasteiger partial charge in [-0.25, -0.2) is 9.97 Å². The summed E-state index contributed by atoms with van der Waals surface area (Å²) >= 11 is 6.56. The maximum absolute atomic E-state index is 6.56. The Morgan fingerprint density at radius 1 is 1.00 bits per heavy atom. The minimum atomic E-state index is -0.0153. The zero-order chi connectivity index (χ0) is 13.8. The molecule has 0 bridgehead atoms. The number of hydrogen-bond acceptors (Lipinski definition) is 2. The van der Waals surface area contributed by atoms with E-state index in [1.165, 1.54) is 30.5 Å². The molecule has 0 fully saturated rings. The standard InChI is InChI=1S/C17H19ClN2/c18-15(13-7-3-1-4-8-13)11-17-14-9-5-2-6-10-16(14)19-12-20-17/h1,3-4,7-8,12,15H,2,5-6,9-11H2. The molecule has 0 amide bonds. The average Bonchev–Trinajstić information content (AvgIpc) is 2.74. The number of hydrogen-bond donors (Lipinski definition) is 0. The van der Waals surface area contributed by atoms with Crippen molar-refractivity contribution in [3.05, 3.63) is 59.2 Å². The second-order valence-electron chi connectivity index (χ2n) is 5.39. The van der Waals surface area contributed by atoms with Gasteiger partial charge in [-0.15, -0.1) is 11.6 Å². The molecule has 0 saturated heterocycles. The monoisotopic (exact) mass is 286 g/mol. The zero-order valence-electron chi connectivity index (χ0n) is 11.6. The van der Waals surface area contributed by atoms with Crippen molar-refractivity contribution < 1.29 is 0 Å². The van der Waals surface area contributed by atoms with Crippen molar-refractivity contribution in [3.63, 3.8) is 0 Å². The molecule has 3 heteroatoms. The van der Waals surface area contributed by atoms with Gasteiger partial charge in [0.15, 0.2) is 0 Å². The summed E-state index contributed by atoms with van der Waals surface area (Å²) in [4.78, 5) is 8.97. The van der Waals surface area contributed by atoms with Crippen LogP contribution in [0.15, 0.2) is 36.7 Å². The normalized spacial score (nSPS) is 16.2. The molecule has 1 aliphatic carbocycles. The first kappa shape index (κ1) is 13.6. The Labute approximate surface area is 125 Å². The van der Waals surface area contributed by atoms with Crippen LogP contribution in [0.2, 0.25) is 0 Å². The van der Waals surface area contributed by atoms with Gasteiger partial charge in [-0.05, 0) is 36.8 Å². The minimum Gasteiger partial charge on any atom is -0.241 e. The summed E-state index contributed by atoms with van der Waals surface area (Å²) < 4.78 is 0. The number of alkyl halides is 1. The van der Waals surface area contributed by atoms with Crippen molar-refractivity contribution in [3.8, 4) is 0 Å². The summed E-state index contributed by atoms with van der Waals surface area (Å²) in [5, 5.41) is -0.0153. The van der Waals surface area contributed by atoms with Crippen LogP contribution in [0.4, 0.5) is 0 Å². The molecule has 2 nitrogen and oxygen atoms in total. The number of aromatic nitrogens is 2. The summed E-state index contributed by atoms with van der Waals surface area (Å²) in [7, 11) is 0. The molecule has 1 atom stereocenters. The lowest BCUT2D eigenvalue weighted by atomic mass is 10.0. The fraction of sp³-hybridized carbons (Fsp3) is 0.412. The topological polar surface area (TPSA) is 25.8 Å². The second kappa shape index (κ2) is 6.36. The van der Waals surface area contributed by atoms with Gasteiger partial charge in [0.2, 0.25) is 0 Å². The Balaban J connectivity index is 1.84. The molecule has 0 N–H and O–H groups in total. The molecule has 1 aromatic heterocycles. The van der Waals surface area contributed by atoms with Crippen LogP contribution in [-0.2, 0) is 19.3 Å². The summed E-state index contributed by atoms with van der Waals surface area (Å²) in [6.45, 7) is 0. The van der Waals surface area contributed by atoms with Gasteiger partial charge < -0.3 is 0 Å². The van der Waals surface area contributed by atoms with Gasteiger partial charge in [-0.3, -0.25) is 0 Å². The van der Waals surface area contributed by atoms with Gasteiger partial charge in [-0.2, -0.15) is 0 Å². The molecule has 0 radical (unpaired) electrons. The zero-order valence-corrected chi connectivity index (χ0v) is 12.3. The molecule has 104 valence electrons. The molecule has 0 aliphatic heterocycles. The number of halogens is 1. The van der Waals surface area contributed by atoms with E-state index in [-0.39, 0.29) is 5.38 Å². The van der Waals surface area contributed by atoms with Crippen LogP contribution in [0.5, 0.6) is 0 Å². The van der Waals surface area contributed by atoms with Gasteiger partial charge in [-0.1, -0.05) is 36.8 Å². The number of fused-ring (bicyclic) bond motifs is 1. The molecule has 1 aromatic carbocycles. The van der Waals surface area contributed by atoms with Crippen LogP contribution in [0, 0.1) is 0 Å². The van der Waals surface area contributed by atoms with Crippen molar-refractivity contribution >= 4 is 11.6 Å². The summed E-state index contributed by atoms with van der Waals surface area (Å²) in [5.74, 6) is 0. The van der Waals surface area contributed by atoms with Crippen LogP contribution >= 0.6 is 11.6 Å². The highest BCUT2D eigenvalue weighted by Gasteiger charge is 2.17. The van der Waals surface area contributed by atoms with Gasteiger partial charge >= 0.3 is 0 Å². The Bertz CT molecular complexity index is 568. The number of rotatable bonds is 3. The van der Waals surface area contributed by atoms with Crippen LogP contribution in [-0.4, -0.2) is 9.97 Å². The lowest BCUT2D eigenvalue weighted by Crippen LogP contribution is -2.07. The highest BCUT2D eigenvalue weighted by atomic mass is 35.5.